The summed E-state index contributed by atoms with van der Waals surface area (Å²) in [4.78, 5) is 12.6. The number of ether oxygens (including phenoxy) is 1. The molecule has 0 radical (unpaired) electrons. The van der Waals surface area contributed by atoms with Crippen molar-refractivity contribution in [2.75, 3.05) is 11.9 Å². The predicted molar refractivity (Wildman–Crippen MR) is 114 cm³/mol. The lowest BCUT2D eigenvalue weighted by molar-refractivity contribution is 0.0973. The van der Waals surface area contributed by atoms with Crippen LogP contribution in [-0.2, 0) is 0 Å². The zero-order chi connectivity index (χ0) is 19.1. The molecule has 0 fully saturated rings. The van der Waals surface area contributed by atoms with E-state index in [0.717, 1.165) is 29.3 Å². The van der Waals surface area contributed by atoms with Crippen molar-refractivity contribution < 1.29 is 9.53 Å². The van der Waals surface area contributed by atoms with E-state index in [4.69, 9.17) is 17.0 Å². The Morgan fingerprint density at radius 1 is 1.00 bits per heavy atom. The van der Waals surface area contributed by atoms with Crippen LogP contribution in [0.2, 0.25) is 0 Å². The van der Waals surface area contributed by atoms with Crippen LogP contribution in [0.25, 0.3) is 10.8 Å². The second-order valence-corrected chi connectivity index (χ2v) is 6.54. The SMILES string of the molecule is CCCCOc1ccccc1C(=O)NC(=S)Nc1cccc2ccccc12. The van der Waals surface area contributed by atoms with Crippen LogP contribution in [0, 0.1) is 0 Å². The second-order valence-electron chi connectivity index (χ2n) is 6.13. The van der Waals surface area contributed by atoms with Gasteiger partial charge in [-0.15, -0.1) is 0 Å². The van der Waals surface area contributed by atoms with E-state index in [0.29, 0.717) is 17.9 Å². The van der Waals surface area contributed by atoms with Gasteiger partial charge in [0.25, 0.3) is 5.91 Å². The molecule has 0 saturated heterocycles. The molecule has 0 saturated carbocycles. The van der Waals surface area contributed by atoms with E-state index in [1.54, 1.807) is 12.1 Å². The molecule has 0 bridgehead atoms. The van der Waals surface area contributed by atoms with E-state index in [1.807, 2.05) is 54.6 Å². The summed E-state index contributed by atoms with van der Waals surface area (Å²) in [5, 5.41) is 8.25. The number of carbonyl (C=O) groups excluding carboxylic acids is 1. The molecule has 0 unspecified atom stereocenters. The molecule has 138 valence electrons. The molecule has 1 amide bonds. The van der Waals surface area contributed by atoms with Crippen LogP contribution in [0.4, 0.5) is 5.69 Å². The number of unbranched alkanes of at least 4 members (excludes halogenated alkanes) is 1. The summed E-state index contributed by atoms with van der Waals surface area (Å²) in [6.45, 7) is 2.68. The van der Waals surface area contributed by atoms with Crippen LogP contribution in [0.3, 0.4) is 0 Å². The van der Waals surface area contributed by atoms with Gasteiger partial charge in [-0.3, -0.25) is 10.1 Å². The molecule has 0 heterocycles. The maximum atomic E-state index is 12.6. The Hall–Kier alpha value is -2.92. The number of rotatable bonds is 6. The monoisotopic (exact) mass is 378 g/mol. The average Bonchev–Trinajstić information content (AvgIpc) is 2.69. The standard InChI is InChI=1S/C22H22N2O2S/c1-2-3-15-26-20-14-7-6-12-18(20)21(25)24-22(27)23-19-13-8-10-16-9-4-5-11-17(16)19/h4-14H,2-3,15H2,1H3,(H2,23,24,25,27). The van der Waals surface area contributed by atoms with Gasteiger partial charge >= 0.3 is 0 Å². The summed E-state index contributed by atoms with van der Waals surface area (Å²) in [5.41, 5.74) is 1.32. The molecule has 0 aliphatic carbocycles. The molecular formula is C22H22N2O2S. The van der Waals surface area contributed by atoms with Gasteiger partial charge in [0.1, 0.15) is 5.75 Å². The number of thiocarbonyl (C=S) groups is 1. The van der Waals surface area contributed by atoms with Crippen LogP contribution < -0.4 is 15.4 Å². The highest BCUT2D eigenvalue weighted by molar-refractivity contribution is 7.80. The molecule has 0 aliphatic heterocycles. The minimum absolute atomic E-state index is 0.250. The largest absolute Gasteiger partial charge is 0.493 e. The molecule has 3 aromatic carbocycles. The maximum absolute atomic E-state index is 12.6. The third-order valence-electron chi connectivity index (χ3n) is 4.15. The number of hydrogen-bond acceptors (Lipinski definition) is 3. The normalized spacial score (nSPS) is 10.4. The van der Waals surface area contributed by atoms with E-state index in [2.05, 4.69) is 17.6 Å². The van der Waals surface area contributed by atoms with Crippen molar-refractivity contribution in [3.8, 4) is 5.75 Å². The molecule has 0 aliphatic rings. The Balaban J connectivity index is 1.70. The molecule has 0 spiro atoms. The van der Waals surface area contributed by atoms with Gasteiger partial charge in [0, 0.05) is 11.1 Å². The van der Waals surface area contributed by atoms with Crippen LogP contribution in [0.5, 0.6) is 5.75 Å². The van der Waals surface area contributed by atoms with Crippen LogP contribution in [0.1, 0.15) is 30.1 Å². The molecule has 0 aromatic heterocycles. The quantitative estimate of drug-likeness (QED) is 0.460. The van der Waals surface area contributed by atoms with E-state index in [-0.39, 0.29) is 11.0 Å². The fraction of sp³-hybridized carbons (Fsp3) is 0.182. The van der Waals surface area contributed by atoms with Crippen LogP contribution in [0.15, 0.2) is 66.7 Å². The van der Waals surface area contributed by atoms with E-state index < -0.39 is 0 Å². The highest BCUT2D eigenvalue weighted by Crippen LogP contribution is 2.23. The molecule has 5 heteroatoms. The number of anilines is 1. The average molecular weight is 378 g/mol. The fourth-order valence-corrected chi connectivity index (χ4v) is 2.97. The lowest BCUT2D eigenvalue weighted by Crippen LogP contribution is -2.34. The van der Waals surface area contributed by atoms with Gasteiger partial charge < -0.3 is 10.1 Å². The molecule has 3 aromatic rings. The smallest absolute Gasteiger partial charge is 0.261 e. The Kier molecular flexibility index (Phi) is 6.39. The van der Waals surface area contributed by atoms with Gasteiger partial charge in [0.05, 0.1) is 12.2 Å². The number of fused-ring (bicyclic) bond motifs is 1. The predicted octanol–water partition coefficient (Wildman–Crippen LogP) is 5.15. The zero-order valence-electron chi connectivity index (χ0n) is 15.2. The summed E-state index contributed by atoms with van der Waals surface area (Å²) < 4.78 is 5.73. The topological polar surface area (TPSA) is 50.4 Å². The van der Waals surface area contributed by atoms with Gasteiger partial charge in [-0.1, -0.05) is 61.9 Å². The van der Waals surface area contributed by atoms with Gasteiger partial charge in [-0.05, 0) is 42.2 Å². The van der Waals surface area contributed by atoms with Crippen molar-refractivity contribution in [3.05, 3.63) is 72.3 Å². The minimum Gasteiger partial charge on any atom is -0.493 e. The third-order valence-corrected chi connectivity index (χ3v) is 4.36. The number of hydrogen-bond donors (Lipinski definition) is 2. The van der Waals surface area contributed by atoms with E-state index in [9.17, 15) is 4.79 Å². The number of amides is 1. The van der Waals surface area contributed by atoms with Gasteiger partial charge in [-0.25, -0.2) is 0 Å². The molecule has 3 rings (SSSR count). The van der Waals surface area contributed by atoms with E-state index in [1.165, 1.54) is 0 Å². The Morgan fingerprint density at radius 3 is 2.59 bits per heavy atom. The summed E-state index contributed by atoms with van der Waals surface area (Å²) in [5.74, 6) is 0.274. The molecule has 2 N–H and O–H groups in total. The third kappa shape index (κ3) is 4.83. The molecule has 27 heavy (non-hydrogen) atoms. The molecule has 4 nitrogen and oxygen atoms in total. The van der Waals surface area contributed by atoms with Crippen molar-refractivity contribution >= 4 is 39.7 Å². The summed E-state index contributed by atoms with van der Waals surface area (Å²) in [6.07, 6.45) is 1.98. The number of nitrogens with one attached hydrogen (secondary N) is 2. The first-order valence-corrected chi connectivity index (χ1v) is 9.42. The zero-order valence-corrected chi connectivity index (χ0v) is 16.0. The van der Waals surface area contributed by atoms with Gasteiger partial charge in [0.2, 0.25) is 0 Å². The number of benzene rings is 3. The Bertz CT molecular complexity index is 950. The fourth-order valence-electron chi connectivity index (χ4n) is 2.76. The minimum atomic E-state index is -0.292. The van der Waals surface area contributed by atoms with E-state index >= 15 is 0 Å². The highest BCUT2D eigenvalue weighted by atomic mass is 32.1. The van der Waals surface area contributed by atoms with Gasteiger partial charge in [-0.2, -0.15) is 0 Å². The highest BCUT2D eigenvalue weighted by Gasteiger charge is 2.14. The van der Waals surface area contributed by atoms with Crippen molar-refractivity contribution in [2.24, 2.45) is 0 Å². The number of carbonyl (C=O) groups is 1. The summed E-state index contributed by atoms with van der Waals surface area (Å²) in [7, 11) is 0. The first-order valence-electron chi connectivity index (χ1n) is 9.01. The van der Waals surface area contributed by atoms with Crippen LogP contribution in [-0.4, -0.2) is 17.6 Å². The van der Waals surface area contributed by atoms with Crippen molar-refractivity contribution in [1.29, 1.82) is 0 Å². The van der Waals surface area contributed by atoms with Crippen molar-refractivity contribution in [1.82, 2.24) is 5.32 Å². The molecular weight excluding hydrogens is 356 g/mol. The summed E-state index contributed by atoms with van der Waals surface area (Å²) in [6, 6.07) is 21.1. The van der Waals surface area contributed by atoms with Gasteiger partial charge in [0.15, 0.2) is 5.11 Å². The number of para-hydroxylation sites is 1. The van der Waals surface area contributed by atoms with Crippen molar-refractivity contribution in [3.63, 3.8) is 0 Å². The lowest BCUT2D eigenvalue weighted by Gasteiger charge is -2.14. The second kappa shape index (κ2) is 9.14. The lowest BCUT2D eigenvalue weighted by atomic mass is 10.1. The Morgan fingerprint density at radius 2 is 1.74 bits per heavy atom. The Labute approximate surface area is 164 Å². The first-order chi connectivity index (χ1) is 13.2. The van der Waals surface area contributed by atoms with Crippen LogP contribution >= 0.6 is 12.2 Å². The molecule has 0 atom stereocenters. The van der Waals surface area contributed by atoms with Crippen molar-refractivity contribution in [2.45, 2.75) is 19.8 Å². The maximum Gasteiger partial charge on any atom is 0.261 e. The summed E-state index contributed by atoms with van der Waals surface area (Å²) >= 11 is 5.34. The first kappa shape index (κ1) is 18.9.